The van der Waals surface area contributed by atoms with E-state index in [-0.39, 0.29) is 0 Å². The molecule has 84 valence electrons. The fourth-order valence-corrected chi connectivity index (χ4v) is 2.97. The van der Waals surface area contributed by atoms with Crippen molar-refractivity contribution in [1.82, 2.24) is 14.9 Å². The standard InChI is InChI=1S/C12H15N3S/c1-3-10(13-5-1)9-15-7-6-14-12(15)11-4-2-8-16-11/h2,4,6-8,10,13H,1,3,5,9H2. The molecule has 0 radical (unpaired) electrons. The molecule has 0 amide bonds. The average molecular weight is 233 g/mol. The minimum atomic E-state index is 0.618. The molecule has 1 saturated heterocycles. The highest BCUT2D eigenvalue weighted by Crippen LogP contribution is 2.23. The summed E-state index contributed by atoms with van der Waals surface area (Å²) in [5, 5.41) is 5.62. The van der Waals surface area contributed by atoms with Crippen molar-refractivity contribution in [1.29, 1.82) is 0 Å². The summed E-state index contributed by atoms with van der Waals surface area (Å²) in [6, 6.07) is 4.83. The van der Waals surface area contributed by atoms with Gasteiger partial charge < -0.3 is 9.88 Å². The van der Waals surface area contributed by atoms with Gasteiger partial charge in [0.15, 0.2) is 0 Å². The summed E-state index contributed by atoms with van der Waals surface area (Å²) >= 11 is 1.75. The Morgan fingerprint density at radius 2 is 2.56 bits per heavy atom. The Morgan fingerprint density at radius 3 is 3.31 bits per heavy atom. The second-order valence-electron chi connectivity index (χ2n) is 4.17. The minimum Gasteiger partial charge on any atom is -0.329 e. The van der Waals surface area contributed by atoms with Gasteiger partial charge in [0.25, 0.3) is 0 Å². The van der Waals surface area contributed by atoms with Crippen molar-refractivity contribution in [3.05, 3.63) is 29.9 Å². The van der Waals surface area contributed by atoms with Crippen molar-refractivity contribution in [2.45, 2.75) is 25.4 Å². The van der Waals surface area contributed by atoms with Crippen molar-refractivity contribution in [2.24, 2.45) is 0 Å². The number of hydrogen-bond donors (Lipinski definition) is 1. The zero-order chi connectivity index (χ0) is 10.8. The normalized spacial score (nSPS) is 20.4. The van der Waals surface area contributed by atoms with Crippen LogP contribution in [0, 0.1) is 0 Å². The van der Waals surface area contributed by atoms with Crippen LogP contribution in [0.25, 0.3) is 10.7 Å². The van der Waals surface area contributed by atoms with Crippen LogP contribution in [-0.4, -0.2) is 22.1 Å². The lowest BCUT2D eigenvalue weighted by atomic mass is 10.2. The summed E-state index contributed by atoms with van der Waals surface area (Å²) in [7, 11) is 0. The Kier molecular flexibility index (Phi) is 2.76. The Morgan fingerprint density at radius 1 is 1.56 bits per heavy atom. The molecule has 2 aromatic heterocycles. The number of aromatic nitrogens is 2. The number of imidazole rings is 1. The number of rotatable bonds is 3. The van der Waals surface area contributed by atoms with Gasteiger partial charge in [-0.2, -0.15) is 0 Å². The molecule has 1 fully saturated rings. The van der Waals surface area contributed by atoms with Crippen molar-refractivity contribution in [2.75, 3.05) is 6.54 Å². The SMILES string of the molecule is c1csc(-c2nccn2CC2CCCN2)c1. The van der Waals surface area contributed by atoms with Gasteiger partial charge in [-0.1, -0.05) is 6.07 Å². The van der Waals surface area contributed by atoms with Crippen LogP contribution in [0.1, 0.15) is 12.8 Å². The molecule has 0 saturated carbocycles. The maximum absolute atomic E-state index is 4.45. The van der Waals surface area contributed by atoms with Gasteiger partial charge in [-0.15, -0.1) is 11.3 Å². The maximum atomic E-state index is 4.45. The fraction of sp³-hybridized carbons (Fsp3) is 0.417. The molecule has 3 rings (SSSR count). The molecular formula is C12H15N3S. The molecule has 1 aliphatic rings. The third-order valence-corrected chi connectivity index (χ3v) is 3.90. The number of thiophene rings is 1. The molecule has 3 nitrogen and oxygen atoms in total. The Balaban J connectivity index is 1.82. The quantitative estimate of drug-likeness (QED) is 0.882. The fourth-order valence-electron chi connectivity index (χ4n) is 2.24. The zero-order valence-corrected chi connectivity index (χ0v) is 9.91. The minimum absolute atomic E-state index is 0.618. The van der Waals surface area contributed by atoms with Gasteiger partial charge in [0.2, 0.25) is 0 Å². The number of hydrogen-bond acceptors (Lipinski definition) is 3. The second-order valence-corrected chi connectivity index (χ2v) is 5.12. The lowest BCUT2D eigenvalue weighted by molar-refractivity contribution is 0.512. The molecule has 0 bridgehead atoms. The molecule has 1 N–H and O–H groups in total. The predicted molar refractivity (Wildman–Crippen MR) is 66.6 cm³/mol. The van der Waals surface area contributed by atoms with E-state index < -0.39 is 0 Å². The first-order chi connectivity index (χ1) is 7.93. The molecule has 0 aromatic carbocycles. The zero-order valence-electron chi connectivity index (χ0n) is 9.10. The molecule has 1 aliphatic heterocycles. The number of nitrogens with zero attached hydrogens (tertiary/aromatic N) is 2. The summed E-state index contributed by atoms with van der Waals surface area (Å²) in [6.45, 7) is 2.20. The van der Waals surface area contributed by atoms with Crippen LogP contribution in [0.4, 0.5) is 0 Å². The van der Waals surface area contributed by atoms with E-state index in [1.807, 2.05) is 6.20 Å². The summed E-state index contributed by atoms with van der Waals surface area (Å²) in [4.78, 5) is 5.70. The van der Waals surface area contributed by atoms with Gasteiger partial charge in [0.1, 0.15) is 5.82 Å². The summed E-state index contributed by atoms with van der Waals surface area (Å²) in [5.41, 5.74) is 0. The summed E-state index contributed by atoms with van der Waals surface area (Å²) in [6.07, 6.45) is 6.55. The topological polar surface area (TPSA) is 29.9 Å². The van der Waals surface area contributed by atoms with Crippen LogP contribution >= 0.6 is 11.3 Å². The molecule has 4 heteroatoms. The van der Waals surface area contributed by atoms with Crippen molar-refractivity contribution < 1.29 is 0 Å². The highest BCUT2D eigenvalue weighted by Gasteiger charge is 2.16. The average Bonchev–Trinajstić information content (AvgIpc) is 2.98. The molecular weight excluding hydrogens is 218 g/mol. The first kappa shape index (κ1) is 10.1. The van der Waals surface area contributed by atoms with E-state index >= 15 is 0 Å². The lowest BCUT2D eigenvalue weighted by Crippen LogP contribution is -2.26. The van der Waals surface area contributed by atoms with E-state index in [9.17, 15) is 0 Å². The molecule has 1 unspecified atom stereocenters. The monoisotopic (exact) mass is 233 g/mol. The molecule has 0 spiro atoms. The Labute approximate surface area is 99.1 Å². The maximum Gasteiger partial charge on any atom is 0.150 e. The van der Waals surface area contributed by atoms with Crippen LogP contribution in [0.3, 0.4) is 0 Å². The van der Waals surface area contributed by atoms with Crippen molar-refractivity contribution in [3.63, 3.8) is 0 Å². The third kappa shape index (κ3) is 1.90. The van der Waals surface area contributed by atoms with Crippen LogP contribution < -0.4 is 5.32 Å². The lowest BCUT2D eigenvalue weighted by Gasteiger charge is -2.12. The Bertz CT molecular complexity index is 441. The van der Waals surface area contributed by atoms with Gasteiger partial charge in [0, 0.05) is 25.0 Å². The van der Waals surface area contributed by atoms with E-state index in [4.69, 9.17) is 0 Å². The number of nitrogens with one attached hydrogen (secondary N) is 1. The van der Waals surface area contributed by atoms with Gasteiger partial charge >= 0.3 is 0 Å². The highest BCUT2D eigenvalue weighted by molar-refractivity contribution is 7.13. The molecule has 3 heterocycles. The van der Waals surface area contributed by atoms with Crippen LogP contribution in [0.5, 0.6) is 0 Å². The molecule has 1 atom stereocenters. The van der Waals surface area contributed by atoms with Gasteiger partial charge in [0.05, 0.1) is 4.88 Å². The van der Waals surface area contributed by atoms with E-state index in [1.165, 1.54) is 17.7 Å². The molecule has 0 aliphatic carbocycles. The third-order valence-electron chi connectivity index (χ3n) is 3.04. The van der Waals surface area contributed by atoms with E-state index in [0.29, 0.717) is 6.04 Å². The molecule has 16 heavy (non-hydrogen) atoms. The largest absolute Gasteiger partial charge is 0.329 e. The van der Waals surface area contributed by atoms with Crippen LogP contribution in [-0.2, 0) is 6.54 Å². The second kappa shape index (κ2) is 4.39. The molecule has 2 aromatic rings. The summed E-state index contributed by atoms with van der Waals surface area (Å²) in [5.74, 6) is 1.10. The van der Waals surface area contributed by atoms with Crippen molar-refractivity contribution in [3.8, 4) is 10.7 Å². The van der Waals surface area contributed by atoms with E-state index in [1.54, 1.807) is 11.3 Å². The summed E-state index contributed by atoms with van der Waals surface area (Å²) < 4.78 is 2.26. The van der Waals surface area contributed by atoms with Crippen LogP contribution in [0.15, 0.2) is 29.9 Å². The Hall–Kier alpha value is -1.13. The van der Waals surface area contributed by atoms with E-state index in [2.05, 4.69) is 38.6 Å². The van der Waals surface area contributed by atoms with Crippen molar-refractivity contribution >= 4 is 11.3 Å². The van der Waals surface area contributed by atoms with Gasteiger partial charge in [-0.25, -0.2) is 4.98 Å². The highest BCUT2D eigenvalue weighted by atomic mass is 32.1. The van der Waals surface area contributed by atoms with Gasteiger partial charge in [-0.3, -0.25) is 0 Å². The van der Waals surface area contributed by atoms with E-state index in [0.717, 1.165) is 18.9 Å². The van der Waals surface area contributed by atoms with Crippen LogP contribution in [0.2, 0.25) is 0 Å². The smallest absolute Gasteiger partial charge is 0.150 e. The predicted octanol–water partition coefficient (Wildman–Crippen LogP) is 2.36. The van der Waals surface area contributed by atoms with Gasteiger partial charge in [-0.05, 0) is 30.8 Å². The first-order valence-corrected chi connectivity index (χ1v) is 6.60. The first-order valence-electron chi connectivity index (χ1n) is 5.72.